The zero-order valence-electron chi connectivity index (χ0n) is 15.8. The quantitative estimate of drug-likeness (QED) is 0.744. The van der Waals surface area contributed by atoms with E-state index in [0.29, 0.717) is 0 Å². The van der Waals surface area contributed by atoms with Crippen LogP contribution in [0.25, 0.3) is 0 Å². The van der Waals surface area contributed by atoms with Gasteiger partial charge in [0.05, 0.1) is 4.90 Å². The number of carbonyl (C=O) groups is 1. The molecule has 26 heavy (non-hydrogen) atoms. The Hall–Kier alpha value is -1.60. The molecule has 0 unspecified atom stereocenters. The molecule has 146 valence electrons. The van der Waals surface area contributed by atoms with Crippen LogP contribution >= 0.6 is 0 Å². The monoisotopic (exact) mass is 381 g/mol. The predicted molar refractivity (Wildman–Crippen MR) is 104 cm³/mol. The Morgan fingerprint density at radius 1 is 1.04 bits per heavy atom. The van der Waals surface area contributed by atoms with Gasteiger partial charge in [0.2, 0.25) is 10.0 Å². The largest absolute Gasteiger partial charge is 0.337 e. The van der Waals surface area contributed by atoms with Crippen LogP contribution in [0.3, 0.4) is 0 Å². The number of carbonyl (C=O) groups excluding carboxylic acids is 1. The highest BCUT2D eigenvalue weighted by Crippen LogP contribution is 2.20. The summed E-state index contributed by atoms with van der Waals surface area (Å²) < 4.78 is 26.9. The number of benzene rings is 1. The zero-order chi connectivity index (χ0) is 19.0. The van der Waals surface area contributed by atoms with E-state index in [9.17, 15) is 13.2 Å². The minimum Gasteiger partial charge on any atom is -0.337 e. The average molecular weight is 382 g/mol. The number of hydrogen-bond donors (Lipinski definition) is 2. The number of hydrogen-bond acceptors (Lipinski definition) is 3. The molecular formula is C19H31N3O3S. The Balaban J connectivity index is 1.75. The average Bonchev–Trinajstić information content (AvgIpc) is 2.58. The van der Waals surface area contributed by atoms with Gasteiger partial charge in [0, 0.05) is 26.2 Å². The fourth-order valence-electron chi connectivity index (χ4n) is 3.27. The summed E-state index contributed by atoms with van der Waals surface area (Å²) in [5.41, 5.74) is 1.01. The first-order valence-corrected chi connectivity index (χ1v) is 11.0. The van der Waals surface area contributed by atoms with Crippen molar-refractivity contribution in [1.82, 2.24) is 14.9 Å². The zero-order valence-corrected chi connectivity index (χ0v) is 16.6. The first-order chi connectivity index (χ1) is 12.4. The van der Waals surface area contributed by atoms with Gasteiger partial charge >= 0.3 is 6.03 Å². The lowest BCUT2D eigenvalue weighted by Gasteiger charge is -2.29. The Labute approximate surface area is 157 Å². The smallest absolute Gasteiger partial charge is 0.317 e. The molecule has 0 aliphatic heterocycles. The van der Waals surface area contributed by atoms with Crippen molar-refractivity contribution in [2.24, 2.45) is 0 Å². The van der Waals surface area contributed by atoms with E-state index >= 15 is 0 Å². The van der Waals surface area contributed by atoms with Gasteiger partial charge in [-0.3, -0.25) is 0 Å². The summed E-state index contributed by atoms with van der Waals surface area (Å²) in [5, 5.41) is 2.81. The summed E-state index contributed by atoms with van der Waals surface area (Å²) in [6.07, 6.45) is 8.20. The highest BCUT2D eigenvalue weighted by molar-refractivity contribution is 7.89. The Morgan fingerprint density at radius 3 is 2.23 bits per heavy atom. The van der Waals surface area contributed by atoms with Crippen LogP contribution in [0.4, 0.5) is 4.79 Å². The molecule has 1 aliphatic rings. The number of nitrogens with zero attached hydrogens (tertiary/aromatic N) is 1. The molecule has 7 heteroatoms. The molecule has 0 aromatic heterocycles. The summed E-state index contributed by atoms with van der Waals surface area (Å²) >= 11 is 0. The van der Waals surface area contributed by atoms with Crippen molar-refractivity contribution in [2.75, 3.05) is 20.1 Å². The highest BCUT2D eigenvalue weighted by atomic mass is 32.2. The van der Waals surface area contributed by atoms with Crippen LogP contribution in [0, 0.1) is 6.92 Å². The Morgan fingerprint density at radius 2 is 1.62 bits per heavy atom. The predicted octanol–water partition coefficient (Wildman–Crippen LogP) is 3.03. The van der Waals surface area contributed by atoms with E-state index in [-0.39, 0.29) is 30.1 Å². The second kappa shape index (κ2) is 9.92. The van der Waals surface area contributed by atoms with Crippen molar-refractivity contribution >= 4 is 16.1 Å². The van der Waals surface area contributed by atoms with Gasteiger partial charge in [-0.2, -0.15) is 0 Å². The molecule has 6 nitrogen and oxygen atoms in total. The molecule has 0 saturated heterocycles. The maximum absolute atomic E-state index is 12.3. The number of sulfonamides is 1. The van der Waals surface area contributed by atoms with E-state index in [0.717, 1.165) is 18.4 Å². The molecule has 0 heterocycles. The van der Waals surface area contributed by atoms with Crippen LogP contribution in [-0.4, -0.2) is 45.5 Å². The lowest BCUT2D eigenvalue weighted by Crippen LogP contribution is -2.45. The molecule has 1 saturated carbocycles. The first kappa shape index (κ1) is 20.7. The normalized spacial score (nSPS) is 16.5. The highest BCUT2D eigenvalue weighted by Gasteiger charge is 2.20. The molecule has 0 bridgehead atoms. The molecule has 1 aromatic rings. The molecule has 1 aliphatic carbocycles. The summed E-state index contributed by atoms with van der Waals surface area (Å²) in [5.74, 6) is 0. The van der Waals surface area contributed by atoms with Crippen molar-refractivity contribution in [1.29, 1.82) is 0 Å². The molecule has 0 radical (unpaired) electrons. The van der Waals surface area contributed by atoms with Gasteiger partial charge in [-0.15, -0.1) is 0 Å². The lowest BCUT2D eigenvalue weighted by atomic mass is 9.96. The Kier molecular flexibility index (Phi) is 7.90. The van der Waals surface area contributed by atoms with E-state index in [4.69, 9.17) is 0 Å². The second-order valence-corrected chi connectivity index (χ2v) is 8.82. The van der Waals surface area contributed by atoms with Crippen LogP contribution in [0.2, 0.25) is 0 Å². The van der Waals surface area contributed by atoms with Gasteiger partial charge in [-0.25, -0.2) is 17.9 Å². The van der Waals surface area contributed by atoms with Gasteiger partial charge < -0.3 is 10.2 Å². The lowest BCUT2D eigenvalue weighted by molar-refractivity contribution is 0.178. The Bertz CT molecular complexity index is 666. The van der Waals surface area contributed by atoms with Gasteiger partial charge in [0.1, 0.15) is 0 Å². The van der Waals surface area contributed by atoms with Gasteiger partial charge in [-0.05, 0) is 31.9 Å². The van der Waals surface area contributed by atoms with Gasteiger partial charge in [0.15, 0.2) is 0 Å². The standard InChI is InChI=1S/C19H31N3O3S/c1-16-10-12-18(13-11-16)26(24,25)21-15-14-20-19(23)22(2)17-8-6-4-3-5-7-9-17/h10-13,17,21H,3-9,14-15H2,1-2H3,(H,20,23). The van der Waals surface area contributed by atoms with E-state index in [1.165, 1.54) is 32.1 Å². The van der Waals surface area contributed by atoms with E-state index in [1.807, 2.05) is 14.0 Å². The first-order valence-electron chi connectivity index (χ1n) is 9.47. The van der Waals surface area contributed by atoms with Gasteiger partial charge in [-0.1, -0.05) is 49.8 Å². The third-order valence-corrected chi connectivity index (χ3v) is 6.44. The molecule has 2 rings (SSSR count). The van der Waals surface area contributed by atoms with Crippen LogP contribution in [-0.2, 0) is 10.0 Å². The maximum Gasteiger partial charge on any atom is 0.317 e. The van der Waals surface area contributed by atoms with Crippen LogP contribution in [0.5, 0.6) is 0 Å². The number of aryl methyl sites for hydroxylation is 1. The van der Waals surface area contributed by atoms with Gasteiger partial charge in [0.25, 0.3) is 0 Å². The topological polar surface area (TPSA) is 78.5 Å². The molecule has 0 spiro atoms. The van der Waals surface area contributed by atoms with Crippen molar-refractivity contribution < 1.29 is 13.2 Å². The van der Waals surface area contributed by atoms with E-state index in [1.54, 1.807) is 29.2 Å². The molecule has 0 atom stereocenters. The van der Waals surface area contributed by atoms with Crippen LogP contribution < -0.4 is 10.0 Å². The third kappa shape index (κ3) is 6.29. The fourth-order valence-corrected chi connectivity index (χ4v) is 4.30. The van der Waals surface area contributed by atoms with Crippen molar-refractivity contribution in [3.63, 3.8) is 0 Å². The molecule has 2 amide bonds. The van der Waals surface area contributed by atoms with Crippen molar-refractivity contribution in [2.45, 2.75) is 62.8 Å². The van der Waals surface area contributed by atoms with Crippen molar-refractivity contribution in [3.05, 3.63) is 29.8 Å². The summed E-state index contributed by atoms with van der Waals surface area (Å²) in [4.78, 5) is 14.3. The van der Waals surface area contributed by atoms with E-state index in [2.05, 4.69) is 10.0 Å². The van der Waals surface area contributed by atoms with Crippen molar-refractivity contribution in [3.8, 4) is 0 Å². The minimum atomic E-state index is -3.54. The molecule has 2 N–H and O–H groups in total. The minimum absolute atomic E-state index is 0.134. The van der Waals surface area contributed by atoms with E-state index < -0.39 is 10.0 Å². The van der Waals surface area contributed by atoms with Crippen LogP contribution in [0.15, 0.2) is 29.2 Å². The SMILES string of the molecule is Cc1ccc(S(=O)(=O)NCCNC(=O)N(C)C2CCCCCCC2)cc1. The number of amides is 2. The second-order valence-electron chi connectivity index (χ2n) is 7.05. The summed E-state index contributed by atoms with van der Waals surface area (Å²) in [6, 6.07) is 6.84. The molecular weight excluding hydrogens is 350 g/mol. The summed E-state index contributed by atoms with van der Waals surface area (Å²) in [7, 11) is -1.71. The number of rotatable bonds is 6. The van der Waals surface area contributed by atoms with Crippen LogP contribution in [0.1, 0.15) is 50.5 Å². The third-order valence-electron chi connectivity index (χ3n) is 4.97. The number of nitrogens with one attached hydrogen (secondary N) is 2. The fraction of sp³-hybridized carbons (Fsp3) is 0.632. The molecule has 1 fully saturated rings. The number of urea groups is 1. The molecule has 1 aromatic carbocycles. The maximum atomic E-state index is 12.3. The summed E-state index contributed by atoms with van der Waals surface area (Å²) in [6.45, 7) is 2.34.